The van der Waals surface area contributed by atoms with Crippen LogP contribution in [0.3, 0.4) is 0 Å². The Bertz CT molecular complexity index is 597. The molecule has 1 atom stereocenters. The Balaban J connectivity index is 2.19. The summed E-state index contributed by atoms with van der Waals surface area (Å²) in [6.45, 7) is 0. The molecule has 0 fully saturated rings. The van der Waals surface area contributed by atoms with E-state index in [1.54, 1.807) is 6.08 Å². The quantitative estimate of drug-likeness (QED) is 0.653. The first-order valence-corrected chi connectivity index (χ1v) is 6.28. The number of ether oxygens (including phenoxy) is 1. The molecule has 4 heteroatoms. The Kier molecular flexibility index (Phi) is 4.25. The fourth-order valence-electron chi connectivity index (χ4n) is 2.00. The van der Waals surface area contributed by atoms with Gasteiger partial charge in [0.25, 0.3) is 0 Å². The molecule has 0 amide bonds. The second-order valence-electron chi connectivity index (χ2n) is 4.45. The van der Waals surface area contributed by atoms with E-state index in [9.17, 15) is 15.0 Å². The number of hydrogen-bond donors (Lipinski definition) is 2. The molecular formula is C16H16O4. The summed E-state index contributed by atoms with van der Waals surface area (Å²) in [5.41, 5.74) is 0.103. The highest BCUT2D eigenvalue weighted by molar-refractivity contribution is 6.07. The van der Waals surface area contributed by atoms with E-state index < -0.39 is 0 Å². The van der Waals surface area contributed by atoms with Gasteiger partial charge in [-0.3, -0.25) is 4.79 Å². The number of aromatic hydroxyl groups is 2. The van der Waals surface area contributed by atoms with E-state index in [0.717, 1.165) is 6.42 Å². The first kappa shape index (κ1) is 13.9. The van der Waals surface area contributed by atoms with E-state index in [1.165, 1.54) is 25.3 Å². The van der Waals surface area contributed by atoms with Crippen LogP contribution in [-0.2, 0) is 0 Å². The molecule has 0 aliphatic heterocycles. The number of phenols is 2. The van der Waals surface area contributed by atoms with Gasteiger partial charge in [-0.1, -0.05) is 30.4 Å². The van der Waals surface area contributed by atoms with Crippen molar-refractivity contribution in [2.24, 2.45) is 5.92 Å². The van der Waals surface area contributed by atoms with Crippen LogP contribution in [0.15, 0.2) is 48.6 Å². The molecule has 1 aliphatic carbocycles. The Morgan fingerprint density at radius 2 is 2.15 bits per heavy atom. The Morgan fingerprint density at radius 3 is 2.80 bits per heavy atom. The summed E-state index contributed by atoms with van der Waals surface area (Å²) < 4.78 is 4.86. The van der Waals surface area contributed by atoms with Crippen molar-refractivity contribution in [2.45, 2.75) is 6.42 Å². The molecule has 2 rings (SSSR count). The molecule has 1 aromatic carbocycles. The Morgan fingerprint density at radius 1 is 1.35 bits per heavy atom. The molecule has 0 heterocycles. The SMILES string of the molecule is COc1c(O)ccc(C(=O)C=CC2C=CC=CC2)c1O. The predicted molar refractivity (Wildman–Crippen MR) is 76.2 cm³/mol. The van der Waals surface area contributed by atoms with Crippen LogP contribution < -0.4 is 4.74 Å². The minimum absolute atomic E-state index is 0.0928. The third-order valence-electron chi connectivity index (χ3n) is 3.09. The van der Waals surface area contributed by atoms with Gasteiger partial charge >= 0.3 is 0 Å². The summed E-state index contributed by atoms with van der Waals surface area (Å²) in [6.07, 6.45) is 12.0. The number of ketones is 1. The lowest BCUT2D eigenvalue weighted by molar-refractivity contribution is 0.104. The zero-order valence-corrected chi connectivity index (χ0v) is 11.1. The summed E-state index contributed by atoms with van der Waals surface area (Å²) in [7, 11) is 1.32. The van der Waals surface area contributed by atoms with Crippen LogP contribution in [0.4, 0.5) is 0 Å². The molecule has 4 nitrogen and oxygen atoms in total. The second-order valence-corrected chi connectivity index (χ2v) is 4.45. The number of allylic oxidation sites excluding steroid dienone is 6. The third kappa shape index (κ3) is 2.91. The van der Waals surface area contributed by atoms with Gasteiger partial charge in [-0.25, -0.2) is 0 Å². The van der Waals surface area contributed by atoms with Gasteiger partial charge in [-0.2, -0.15) is 0 Å². The highest BCUT2D eigenvalue weighted by Crippen LogP contribution is 2.38. The minimum atomic E-state index is -0.346. The molecule has 104 valence electrons. The van der Waals surface area contributed by atoms with Crippen LogP contribution in [0.2, 0.25) is 0 Å². The van der Waals surface area contributed by atoms with Crippen LogP contribution >= 0.6 is 0 Å². The lowest BCUT2D eigenvalue weighted by Crippen LogP contribution is -1.99. The van der Waals surface area contributed by atoms with Crippen LogP contribution in [0.25, 0.3) is 0 Å². The molecule has 0 radical (unpaired) electrons. The maximum absolute atomic E-state index is 12.1. The lowest BCUT2D eigenvalue weighted by atomic mass is 9.99. The molecule has 0 saturated carbocycles. The lowest BCUT2D eigenvalue weighted by Gasteiger charge is -2.09. The van der Waals surface area contributed by atoms with E-state index in [2.05, 4.69) is 0 Å². The summed E-state index contributed by atoms with van der Waals surface area (Å²) >= 11 is 0. The van der Waals surface area contributed by atoms with Crippen molar-refractivity contribution in [1.29, 1.82) is 0 Å². The summed E-state index contributed by atoms with van der Waals surface area (Å²) in [5, 5.41) is 19.4. The average Bonchev–Trinajstić information content (AvgIpc) is 2.46. The number of methoxy groups -OCH3 is 1. The number of benzene rings is 1. The number of carbonyl (C=O) groups excluding carboxylic acids is 1. The Labute approximate surface area is 117 Å². The van der Waals surface area contributed by atoms with Crippen molar-refractivity contribution in [3.05, 3.63) is 54.2 Å². The average molecular weight is 272 g/mol. The van der Waals surface area contributed by atoms with Crippen molar-refractivity contribution in [2.75, 3.05) is 7.11 Å². The molecule has 2 N–H and O–H groups in total. The van der Waals surface area contributed by atoms with E-state index in [0.29, 0.717) is 0 Å². The predicted octanol–water partition coefficient (Wildman–Crippen LogP) is 2.98. The van der Waals surface area contributed by atoms with Gasteiger partial charge in [0.1, 0.15) is 0 Å². The summed E-state index contributed by atoms with van der Waals surface area (Å²) in [6, 6.07) is 2.69. The molecule has 20 heavy (non-hydrogen) atoms. The monoisotopic (exact) mass is 272 g/mol. The zero-order chi connectivity index (χ0) is 14.5. The van der Waals surface area contributed by atoms with Crippen molar-refractivity contribution >= 4 is 5.78 Å². The standard InChI is InChI=1S/C16H16O4/c1-20-16-14(18)10-8-12(15(16)19)13(17)9-7-11-5-3-2-4-6-11/h2-5,7-11,18-19H,6H2,1H3. The molecule has 0 aromatic heterocycles. The molecular weight excluding hydrogens is 256 g/mol. The molecule has 0 spiro atoms. The van der Waals surface area contributed by atoms with Crippen molar-refractivity contribution in [3.63, 3.8) is 0 Å². The van der Waals surface area contributed by atoms with E-state index in [4.69, 9.17) is 4.74 Å². The van der Waals surface area contributed by atoms with Gasteiger partial charge in [0.15, 0.2) is 17.3 Å². The maximum Gasteiger partial charge on any atom is 0.203 e. The van der Waals surface area contributed by atoms with Gasteiger partial charge in [0, 0.05) is 0 Å². The highest BCUT2D eigenvalue weighted by atomic mass is 16.5. The highest BCUT2D eigenvalue weighted by Gasteiger charge is 2.16. The number of carbonyl (C=O) groups is 1. The number of rotatable bonds is 4. The van der Waals surface area contributed by atoms with Gasteiger partial charge in [-0.15, -0.1) is 0 Å². The molecule has 1 aliphatic rings. The first-order valence-electron chi connectivity index (χ1n) is 6.28. The van der Waals surface area contributed by atoms with E-state index in [1.807, 2.05) is 24.3 Å². The summed E-state index contributed by atoms with van der Waals surface area (Å²) in [4.78, 5) is 12.1. The van der Waals surface area contributed by atoms with Crippen LogP contribution in [0.1, 0.15) is 16.8 Å². The van der Waals surface area contributed by atoms with E-state index >= 15 is 0 Å². The second kappa shape index (κ2) is 6.10. The van der Waals surface area contributed by atoms with Gasteiger partial charge in [0.2, 0.25) is 5.75 Å². The van der Waals surface area contributed by atoms with Gasteiger partial charge < -0.3 is 14.9 Å². The van der Waals surface area contributed by atoms with Crippen molar-refractivity contribution in [3.8, 4) is 17.2 Å². The Hall–Kier alpha value is -2.49. The molecule has 0 bridgehead atoms. The zero-order valence-electron chi connectivity index (χ0n) is 11.1. The van der Waals surface area contributed by atoms with Crippen LogP contribution in [-0.4, -0.2) is 23.1 Å². The topological polar surface area (TPSA) is 66.8 Å². The van der Waals surface area contributed by atoms with Crippen LogP contribution in [0, 0.1) is 5.92 Å². The number of phenolic OH excluding ortho intramolecular Hbond substituents is 2. The normalized spacial score (nSPS) is 17.6. The van der Waals surface area contributed by atoms with Crippen LogP contribution in [0.5, 0.6) is 17.2 Å². The van der Waals surface area contributed by atoms with Gasteiger partial charge in [0.05, 0.1) is 12.7 Å². The molecule has 1 unspecified atom stereocenters. The largest absolute Gasteiger partial charge is 0.504 e. The summed E-state index contributed by atoms with van der Waals surface area (Å²) in [5.74, 6) is -0.786. The first-order chi connectivity index (χ1) is 9.63. The number of hydrogen-bond acceptors (Lipinski definition) is 4. The van der Waals surface area contributed by atoms with Gasteiger partial charge in [-0.05, 0) is 30.5 Å². The third-order valence-corrected chi connectivity index (χ3v) is 3.09. The minimum Gasteiger partial charge on any atom is -0.504 e. The van der Waals surface area contributed by atoms with Crippen molar-refractivity contribution in [1.82, 2.24) is 0 Å². The van der Waals surface area contributed by atoms with Crippen molar-refractivity contribution < 1.29 is 19.7 Å². The smallest absolute Gasteiger partial charge is 0.203 e. The maximum atomic E-state index is 12.1. The fraction of sp³-hybridized carbons (Fsp3) is 0.188. The van der Waals surface area contributed by atoms with E-state index in [-0.39, 0.29) is 34.5 Å². The fourth-order valence-corrected chi connectivity index (χ4v) is 2.00. The molecule has 0 saturated heterocycles. The molecule has 1 aromatic rings.